The van der Waals surface area contributed by atoms with E-state index in [2.05, 4.69) is 0 Å². The zero-order chi connectivity index (χ0) is 17.7. The van der Waals surface area contributed by atoms with Crippen molar-refractivity contribution in [2.75, 3.05) is 7.05 Å². The van der Waals surface area contributed by atoms with Crippen molar-refractivity contribution >= 4 is 12.0 Å². The SMILES string of the molecule is CCC(c1ccc(-c2ccccc2)cc1)N(C(=O)O)N(C)C(C)=O. The van der Waals surface area contributed by atoms with Gasteiger partial charge in [0.25, 0.3) is 0 Å². The molecule has 0 saturated carbocycles. The number of nitrogens with zero attached hydrogens (tertiary/aromatic N) is 2. The Labute approximate surface area is 142 Å². The number of carboxylic acid groups (broad SMARTS) is 1. The highest BCUT2D eigenvalue weighted by molar-refractivity contribution is 5.76. The van der Waals surface area contributed by atoms with Crippen molar-refractivity contribution in [1.82, 2.24) is 10.0 Å². The van der Waals surface area contributed by atoms with E-state index in [4.69, 9.17) is 0 Å². The summed E-state index contributed by atoms with van der Waals surface area (Å²) in [5.74, 6) is -0.322. The van der Waals surface area contributed by atoms with Crippen LogP contribution in [0.5, 0.6) is 0 Å². The Kier molecular flexibility index (Phi) is 5.58. The molecule has 0 aliphatic rings. The first kappa shape index (κ1) is 17.5. The topological polar surface area (TPSA) is 60.9 Å². The molecule has 0 aromatic heterocycles. The Morgan fingerprint density at radius 1 is 1.00 bits per heavy atom. The Bertz CT molecular complexity index is 698. The van der Waals surface area contributed by atoms with Gasteiger partial charge in [0.05, 0.1) is 6.04 Å². The lowest BCUT2D eigenvalue weighted by atomic mass is 9.99. The zero-order valence-electron chi connectivity index (χ0n) is 14.1. The van der Waals surface area contributed by atoms with Gasteiger partial charge >= 0.3 is 6.09 Å². The summed E-state index contributed by atoms with van der Waals surface area (Å²) in [4.78, 5) is 23.2. The maximum Gasteiger partial charge on any atom is 0.426 e. The van der Waals surface area contributed by atoms with E-state index in [9.17, 15) is 14.7 Å². The number of hydrogen-bond acceptors (Lipinski definition) is 2. The van der Waals surface area contributed by atoms with E-state index in [-0.39, 0.29) is 5.91 Å². The third-order valence-electron chi connectivity index (χ3n) is 4.06. The first-order valence-corrected chi connectivity index (χ1v) is 7.87. The molecule has 1 unspecified atom stereocenters. The molecule has 1 atom stereocenters. The predicted octanol–water partition coefficient (Wildman–Crippen LogP) is 4.18. The van der Waals surface area contributed by atoms with Gasteiger partial charge in [0, 0.05) is 14.0 Å². The second-order valence-corrected chi connectivity index (χ2v) is 5.58. The number of rotatable bonds is 4. The largest absolute Gasteiger partial charge is 0.464 e. The standard InChI is InChI=1S/C19H22N2O3/c1-4-18(21(19(23)24)20(3)14(2)22)17-12-10-16(11-13-17)15-8-6-5-7-9-15/h5-13,18H,4H2,1-3H3,(H,23,24). The van der Waals surface area contributed by atoms with Crippen LogP contribution in [0.15, 0.2) is 54.6 Å². The van der Waals surface area contributed by atoms with Gasteiger partial charge in [0.1, 0.15) is 0 Å². The molecule has 0 fully saturated rings. The van der Waals surface area contributed by atoms with Crippen LogP contribution in [0.1, 0.15) is 31.9 Å². The normalized spacial score (nSPS) is 11.6. The van der Waals surface area contributed by atoms with E-state index in [1.165, 1.54) is 14.0 Å². The Balaban J connectivity index is 2.33. The summed E-state index contributed by atoms with van der Waals surface area (Å²) in [6, 6.07) is 17.3. The van der Waals surface area contributed by atoms with Gasteiger partial charge in [-0.05, 0) is 23.1 Å². The van der Waals surface area contributed by atoms with Gasteiger partial charge in [-0.2, -0.15) is 0 Å². The van der Waals surface area contributed by atoms with Gasteiger partial charge in [0.15, 0.2) is 0 Å². The molecule has 2 rings (SSSR count). The number of carbonyl (C=O) groups excluding carboxylic acids is 1. The van der Waals surface area contributed by atoms with E-state index < -0.39 is 12.1 Å². The fourth-order valence-corrected chi connectivity index (χ4v) is 2.70. The maximum atomic E-state index is 11.6. The molecule has 2 amide bonds. The van der Waals surface area contributed by atoms with Crippen LogP contribution in [0, 0.1) is 0 Å². The van der Waals surface area contributed by atoms with E-state index in [0.717, 1.165) is 26.7 Å². The van der Waals surface area contributed by atoms with E-state index in [0.29, 0.717) is 6.42 Å². The van der Waals surface area contributed by atoms with Gasteiger partial charge in [0.2, 0.25) is 5.91 Å². The van der Waals surface area contributed by atoms with Crippen LogP contribution in [0.25, 0.3) is 11.1 Å². The molecular formula is C19H22N2O3. The molecule has 126 valence electrons. The second-order valence-electron chi connectivity index (χ2n) is 5.58. The fraction of sp³-hybridized carbons (Fsp3) is 0.263. The maximum absolute atomic E-state index is 11.6. The molecule has 2 aromatic carbocycles. The van der Waals surface area contributed by atoms with Gasteiger partial charge < -0.3 is 5.11 Å². The van der Waals surface area contributed by atoms with Gasteiger partial charge in [-0.1, -0.05) is 61.5 Å². The fourth-order valence-electron chi connectivity index (χ4n) is 2.70. The van der Waals surface area contributed by atoms with Crippen LogP contribution < -0.4 is 0 Å². The first-order valence-electron chi connectivity index (χ1n) is 7.87. The van der Waals surface area contributed by atoms with Crippen molar-refractivity contribution in [2.45, 2.75) is 26.3 Å². The molecule has 2 aromatic rings. The van der Waals surface area contributed by atoms with Crippen molar-refractivity contribution in [1.29, 1.82) is 0 Å². The summed E-state index contributed by atoms with van der Waals surface area (Å²) in [6.07, 6.45) is -0.582. The Hall–Kier alpha value is -2.82. The quantitative estimate of drug-likeness (QED) is 0.858. The van der Waals surface area contributed by atoms with Crippen molar-refractivity contribution in [3.8, 4) is 11.1 Å². The molecular weight excluding hydrogens is 304 g/mol. The average Bonchev–Trinajstić information content (AvgIpc) is 2.59. The lowest BCUT2D eigenvalue weighted by molar-refractivity contribution is -0.143. The van der Waals surface area contributed by atoms with Crippen LogP contribution >= 0.6 is 0 Å². The number of amides is 2. The van der Waals surface area contributed by atoms with Crippen molar-refractivity contribution in [3.63, 3.8) is 0 Å². The van der Waals surface area contributed by atoms with E-state index in [1.54, 1.807) is 0 Å². The summed E-state index contributed by atoms with van der Waals surface area (Å²) < 4.78 is 0. The van der Waals surface area contributed by atoms with E-state index >= 15 is 0 Å². The van der Waals surface area contributed by atoms with Gasteiger partial charge in [-0.15, -0.1) is 0 Å². The summed E-state index contributed by atoms with van der Waals surface area (Å²) in [5.41, 5.74) is 3.02. The average molecular weight is 326 g/mol. The Morgan fingerprint density at radius 2 is 1.54 bits per heavy atom. The summed E-state index contributed by atoms with van der Waals surface area (Å²) >= 11 is 0. The Morgan fingerprint density at radius 3 is 2.00 bits per heavy atom. The van der Waals surface area contributed by atoms with Crippen LogP contribution in [0.4, 0.5) is 4.79 Å². The van der Waals surface area contributed by atoms with Crippen LogP contribution in [-0.2, 0) is 4.79 Å². The molecule has 1 N–H and O–H groups in total. The van der Waals surface area contributed by atoms with Crippen molar-refractivity contribution < 1.29 is 14.7 Å². The molecule has 0 bridgehead atoms. The second kappa shape index (κ2) is 7.64. The van der Waals surface area contributed by atoms with Gasteiger partial charge in [-0.25, -0.2) is 9.80 Å². The third-order valence-corrected chi connectivity index (χ3v) is 4.06. The number of carbonyl (C=O) groups is 2. The smallest absolute Gasteiger partial charge is 0.426 e. The minimum absolute atomic E-state index is 0.322. The van der Waals surface area contributed by atoms with Crippen LogP contribution in [0.2, 0.25) is 0 Å². The number of hydrogen-bond donors (Lipinski definition) is 1. The highest BCUT2D eigenvalue weighted by atomic mass is 16.4. The highest BCUT2D eigenvalue weighted by Gasteiger charge is 2.28. The molecule has 0 heterocycles. The molecule has 0 aliphatic heterocycles. The summed E-state index contributed by atoms with van der Waals surface area (Å²) in [5, 5.41) is 11.7. The predicted molar refractivity (Wildman–Crippen MR) is 93.2 cm³/mol. The monoisotopic (exact) mass is 326 g/mol. The van der Waals surface area contributed by atoms with Crippen molar-refractivity contribution in [2.24, 2.45) is 0 Å². The summed E-state index contributed by atoms with van der Waals surface area (Å²) in [7, 11) is 1.47. The molecule has 0 spiro atoms. The minimum Gasteiger partial charge on any atom is -0.464 e. The van der Waals surface area contributed by atoms with Crippen LogP contribution in [0.3, 0.4) is 0 Å². The lowest BCUT2D eigenvalue weighted by Gasteiger charge is -2.35. The first-order chi connectivity index (χ1) is 11.5. The van der Waals surface area contributed by atoms with Crippen molar-refractivity contribution in [3.05, 3.63) is 60.2 Å². The molecule has 24 heavy (non-hydrogen) atoms. The lowest BCUT2D eigenvalue weighted by Crippen LogP contribution is -2.47. The van der Waals surface area contributed by atoms with Gasteiger partial charge in [-0.3, -0.25) is 9.80 Å². The molecule has 5 heteroatoms. The summed E-state index contributed by atoms with van der Waals surface area (Å²) in [6.45, 7) is 3.25. The molecule has 5 nitrogen and oxygen atoms in total. The van der Waals surface area contributed by atoms with E-state index in [1.807, 2.05) is 61.5 Å². The minimum atomic E-state index is -1.15. The molecule has 0 saturated heterocycles. The highest BCUT2D eigenvalue weighted by Crippen LogP contribution is 2.28. The van der Waals surface area contributed by atoms with Crippen LogP contribution in [-0.4, -0.2) is 34.2 Å². The number of benzene rings is 2. The zero-order valence-corrected chi connectivity index (χ0v) is 14.1. The number of hydrazine groups is 1. The molecule has 0 radical (unpaired) electrons. The third kappa shape index (κ3) is 3.74. The molecule has 0 aliphatic carbocycles.